The van der Waals surface area contributed by atoms with Gasteiger partial charge in [0.05, 0.1) is 5.54 Å². The van der Waals surface area contributed by atoms with Gasteiger partial charge >= 0.3 is 0 Å². The van der Waals surface area contributed by atoms with Crippen molar-refractivity contribution in [3.05, 3.63) is 35.4 Å². The molecule has 2 nitrogen and oxygen atoms in total. The Labute approximate surface area is 103 Å². The summed E-state index contributed by atoms with van der Waals surface area (Å²) in [5.41, 5.74) is 7.98. The topological polar surface area (TPSA) is 43.1 Å². The first-order valence-corrected chi connectivity index (χ1v) is 6.48. The zero-order valence-corrected chi connectivity index (χ0v) is 10.5. The lowest BCUT2D eigenvalue weighted by Crippen LogP contribution is -2.50. The van der Waals surface area contributed by atoms with Crippen LogP contribution in [0.5, 0.6) is 0 Å². The summed E-state index contributed by atoms with van der Waals surface area (Å²) in [6, 6.07) is 8.15. The predicted molar refractivity (Wildman–Crippen MR) is 69.9 cm³/mol. The van der Waals surface area contributed by atoms with Crippen molar-refractivity contribution in [3.8, 4) is 0 Å². The molecule has 0 atom stereocenters. The number of rotatable bonds is 3. The Balaban J connectivity index is 2.03. The number of hydrogen-bond donors (Lipinski definition) is 1. The molecular formula is C15H21NO. The fourth-order valence-electron chi connectivity index (χ4n) is 2.53. The van der Waals surface area contributed by atoms with Crippen LogP contribution < -0.4 is 5.73 Å². The van der Waals surface area contributed by atoms with Crippen molar-refractivity contribution in [1.82, 2.24) is 0 Å². The number of carbonyl (C=O) groups is 1. The molecule has 0 aromatic heterocycles. The second kappa shape index (κ2) is 5.01. The summed E-state index contributed by atoms with van der Waals surface area (Å²) in [7, 11) is 0. The third-order valence-corrected chi connectivity index (χ3v) is 3.79. The lowest BCUT2D eigenvalue weighted by molar-refractivity contribution is -0.124. The first-order chi connectivity index (χ1) is 8.10. The summed E-state index contributed by atoms with van der Waals surface area (Å²) in [6.45, 7) is 2.05. The van der Waals surface area contributed by atoms with Gasteiger partial charge in [0.1, 0.15) is 0 Å². The fraction of sp³-hybridized carbons (Fsp3) is 0.533. The molecule has 1 aliphatic carbocycles. The molecule has 0 bridgehead atoms. The van der Waals surface area contributed by atoms with Crippen LogP contribution >= 0.6 is 0 Å². The molecule has 0 aliphatic heterocycles. The monoisotopic (exact) mass is 231 g/mol. The maximum absolute atomic E-state index is 12.2. The van der Waals surface area contributed by atoms with Crippen LogP contribution in [0.25, 0.3) is 0 Å². The summed E-state index contributed by atoms with van der Waals surface area (Å²) in [5.74, 6) is 0.209. The Morgan fingerprint density at radius 1 is 1.18 bits per heavy atom. The van der Waals surface area contributed by atoms with Gasteiger partial charge in [-0.1, -0.05) is 49.1 Å². The maximum atomic E-state index is 12.2. The normalized spacial score (nSPS) is 18.9. The Bertz CT molecular complexity index is 388. The zero-order valence-electron chi connectivity index (χ0n) is 10.5. The number of ketones is 1. The zero-order chi connectivity index (χ0) is 12.3. The summed E-state index contributed by atoms with van der Waals surface area (Å²) in [5, 5.41) is 0. The van der Waals surface area contributed by atoms with Crippen LogP contribution in [0.3, 0.4) is 0 Å². The highest BCUT2D eigenvalue weighted by atomic mass is 16.1. The second-order valence-electron chi connectivity index (χ2n) is 5.30. The van der Waals surface area contributed by atoms with E-state index in [1.165, 1.54) is 12.0 Å². The average Bonchev–Trinajstić information content (AvgIpc) is 2.33. The van der Waals surface area contributed by atoms with Gasteiger partial charge in [0.2, 0.25) is 0 Å². The van der Waals surface area contributed by atoms with Crippen LogP contribution in [-0.2, 0) is 11.2 Å². The number of Topliss-reactive ketones (excluding diaryl/α,β-unsaturated/α-hetero) is 1. The quantitative estimate of drug-likeness (QED) is 0.869. The molecule has 1 saturated carbocycles. The van der Waals surface area contributed by atoms with E-state index in [1.54, 1.807) is 0 Å². The number of benzene rings is 1. The molecule has 1 fully saturated rings. The third kappa shape index (κ3) is 2.95. The standard InChI is InChI=1S/C15H21NO/c1-12-5-7-13(8-6-12)11-14(17)15(16)9-3-2-4-10-15/h5-8H,2-4,9-11,16H2,1H3. The molecule has 92 valence electrons. The predicted octanol–water partition coefficient (Wildman–Crippen LogP) is 2.77. The third-order valence-electron chi connectivity index (χ3n) is 3.79. The van der Waals surface area contributed by atoms with Gasteiger partial charge in [0.15, 0.2) is 5.78 Å². The lowest BCUT2D eigenvalue weighted by atomic mass is 9.78. The first-order valence-electron chi connectivity index (χ1n) is 6.48. The van der Waals surface area contributed by atoms with Crippen molar-refractivity contribution in [3.63, 3.8) is 0 Å². The number of nitrogens with two attached hydrogens (primary N) is 1. The summed E-state index contributed by atoms with van der Waals surface area (Å²) >= 11 is 0. The van der Waals surface area contributed by atoms with Crippen molar-refractivity contribution in [1.29, 1.82) is 0 Å². The molecule has 0 heterocycles. The fourth-order valence-corrected chi connectivity index (χ4v) is 2.53. The summed E-state index contributed by atoms with van der Waals surface area (Å²) < 4.78 is 0. The molecule has 2 N–H and O–H groups in total. The average molecular weight is 231 g/mol. The van der Waals surface area contributed by atoms with E-state index in [2.05, 4.69) is 6.92 Å². The Hall–Kier alpha value is -1.15. The van der Waals surface area contributed by atoms with Crippen LogP contribution in [0.4, 0.5) is 0 Å². The van der Waals surface area contributed by atoms with Crippen LogP contribution in [0.1, 0.15) is 43.2 Å². The molecule has 0 amide bonds. The minimum absolute atomic E-state index is 0.209. The highest BCUT2D eigenvalue weighted by molar-refractivity contribution is 5.90. The summed E-state index contributed by atoms with van der Waals surface area (Å²) in [6.07, 6.45) is 5.61. The van der Waals surface area contributed by atoms with Crippen molar-refractivity contribution in [2.45, 2.75) is 51.0 Å². The highest BCUT2D eigenvalue weighted by Crippen LogP contribution is 2.27. The minimum atomic E-state index is -0.552. The van der Waals surface area contributed by atoms with E-state index in [0.29, 0.717) is 6.42 Å². The van der Waals surface area contributed by atoms with Crippen molar-refractivity contribution >= 4 is 5.78 Å². The van der Waals surface area contributed by atoms with Gasteiger partial charge in [0, 0.05) is 6.42 Å². The minimum Gasteiger partial charge on any atom is -0.319 e. The largest absolute Gasteiger partial charge is 0.319 e. The van der Waals surface area contributed by atoms with Gasteiger partial charge in [-0.05, 0) is 25.3 Å². The molecule has 0 radical (unpaired) electrons. The van der Waals surface area contributed by atoms with Gasteiger partial charge in [-0.25, -0.2) is 0 Å². The Kier molecular flexibility index (Phi) is 3.63. The van der Waals surface area contributed by atoms with Crippen molar-refractivity contribution in [2.75, 3.05) is 0 Å². The molecule has 2 heteroatoms. The van der Waals surface area contributed by atoms with Crippen molar-refractivity contribution < 1.29 is 4.79 Å². The molecule has 0 unspecified atom stereocenters. The van der Waals surface area contributed by atoms with E-state index in [0.717, 1.165) is 31.2 Å². The summed E-state index contributed by atoms with van der Waals surface area (Å²) in [4.78, 5) is 12.2. The number of hydrogen-bond acceptors (Lipinski definition) is 2. The molecule has 2 rings (SSSR count). The van der Waals surface area contributed by atoms with Gasteiger partial charge in [-0.15, -0.1) is 0 Å². The lowest BCUT2D eigenvalue weighted by Gasteiger charge is -2.31. The molecule has 17 heavy (non-hydrogen) atoms. The van der Waals surface area contributed by atoms with Gasteiger partial charge in [0.25, 0.3) is 0 Å². The van der Waals surface area contributed by atoms with E-state index in [-0.39, 0.29) is 5.78 Å². The Morgan fingerprint density at radius 3 is 2.35 bits per heavy atom. The molecule has 1 aromatic carbocycles. The molecule has 0 spiro atoms. The van der Waals surface area contributed by atoms with E-state index >= 15 is 0 Å². The molecule has 1 aliphatic rings. The molecule has 0 saturated heterocycles. The van der Waals surface area contributed by atoms with E-state index in [4.69, 9.17) is 5.73 Å². The second-order valence-corrected chi connectivity index (χ2v) is 5.30. The van der Waals surface area contributed by atoms with Gasteiger partial charge in [-0.2, -0.15) is 0 Å². The number of carbonyl (C=O) groups excluding carboxylic acids is 1. The van der Waals surface area contributed by atoms with Crippen LogP contribution in [0, 0.1) is 6.92 Å². The Morgan fingerprint density at radius 2 is 1.76 bits per heavy atom. The van der Waals surface area contributed by atoms with Crippen LogP contribution in [0.15, 0.2) is 24.3 Å². The first kappa shape index (κ1) is 12.3. The molecular weight excluding hydrogens is 210 g/mol. The van der Waals surface area contributed by atoms with Gasteiger partial charge < -0.3 is 5.73 Å². The molecule has 1 aromatic rings. The van der Waals surface area contributed by atoms with Crippen LogP contribution in [-0.4, -0.2) is 11.3 Å². The highest BCUT2D eigenvalue weighted by Gasteiger charge is 2.34. The van der Waals surface area contributed by atoms with Crippen molar-refractivity contribution in [2.24, 2.45) is 5.73 Å². The number of aryl methyl sites for hydroxylation is 1. The van der Waals surface area contributed by atoms with Gasteiger partial charge in [-0.3, -0.25) is 4.79 Å². The van der Waals surface area contributed by atoms with E-state index in [1.807, 2.05) is 24.3 Å². The smallest absolute Gasteiger partial charge is 0.156 e. The maximum Gasteiger partial charge on any atom is 0.156 e. The van der Waals surface area contributed by atoms with E-state index < -0.39 is 5.54 Å². The van der Waals surface area contributed by atoms with Crippen LogP contribution in [0.2, 0.25) is 0 Å². The van der Waals surface area contributed by atoms with E-state index in [9.17, 15) is 4.79 Å². The SMILES string of the molecule is Cc1ccc(CC(=O)C2(N)CCCCC2)cc1.